The summed E-state index contributed by atoms with van der Waals surface area (Å²) in [6.45, 7) is 6.58. The van der Waals surface area contributed by atoms with Crippen LogP contribution in [0.4, 0.5) is 0 Å². The van der Waals surface area contributed by atoms with Gasteiger partial charge in [-0.25, -0.2) is 0 Å². The fraction of sp³-hybridized carbons (Fsp3) is 0.533. The molecule has 1 amide bonds. The van der Waals surface area contributed by atoms with Crippen molar-refractivity contribution >= 4 is 5.91 Å². The lowest BCUT2D eigenvalue weighted by atomic mass is 10.1. The third-order valence-electron chi connectivity index (χ3n) is 2.83. The van der Waals surface area contributed by atoms with E-state index in [1.165, 1.54) is 0 Å². The second kappa shape index (κ2) is 8.53. The maximum Gasteiger partial charge on any atom is 0.257 e. The first-order valence-electron chi connectivity index (χ1n) is 6.95. The van der Waals surface area contributed by atoms with Crippen molar-refractivity contribution in [2.75, 3.05) is 26.2 Å². The molecule has 106 valence electrons. The molecule has 0 aromatic heterocycles. The standard InChI is InChI=1S/C15H24N2O2/c1-3-11-17(12-7-10-16)15(18)13-8-5-6-9-14(13)19-4-2/h5-6,8-9H,3-4,7,10-12,16H2,1-2H3. The lowest BCUT2D eigenvalue weighted by molar-refractivity contribution is 0.0750. The molecule has 0 aliphatic carbocycles. The minimum Gasteiger partial charge on any atom is -0.493 e. The highest BCUT2D eigenvalue weighted by molar-refractivity contribution is 5.96. The molecule has 4 nitrogen and oxygen atoms in total. The maximum atomic E-state index is 12.5. The molecule has 0 aliphatic heterocycles. The minimum absolute atomic E-state index is 0.0272. The zero-order chi connectivity index (χ0) is 14.1. The fourth-order valence-electron chi connectivity index (χ4n) is 1.96. The van der Waals surface area contributed by atoms with Crippen LogP contribution in [-0.4, -0.2) is 37.0 Å². The van der Waals surface area contributed by atoms with Gasteiger partial charge in [-0.05, 0) is 38.4 Å². The first kappa shape index (κ1) is 15.5. The summed E-state index contributed by atoms with van der Waals surface area (Å²) in [5, 5.41) is 0. The molecule has 0 atom stereocenters. The highest BCUT2D eigenvalue weighted by Crippen LogP contribution is 2.20. The Morgan fingerprint density at radius 2 is 2.00 bits per heavy atom. The maximum absolute atomic E-state index is 12.5. The van der Waals surface area contributed by atoms with E-state index >= 15 is 0 Å². The normalized spacial score (nSPS) is 10.3. The van der Waals surface area contributed by atoms with Gasteiger partial charge in [0.05, 0.1) is 12.2 Å². The summed E-state index contributed by atoms with van der Waals surface area (Å²) >= 11 is 0. The van der Waals surface area contributed by atoms with Crippen LogP contribution >= 0.6 is 0 Å². The largest absolute Gasteiger partial charge is 0.493 e. The Labute approximate surface area is 115 Å². The number of amides is 1. The lowest BCUT2D eigenvalue weighted by Crippen LogP contribution is -2.34. The Balaban J connectivity index is 2.88. The van der Waals surface area contributed by atoms with Gasteiger partial charge >= 0.3 is 0 Å². The van der Waals surface area contributed by atoms with Gasteiger partial charge in [-0.3, -0.25) is 4.79 Å². The highest BCUT2D eigenvalue weighted by atomic mass is 16.5. The molecule has 1 rings (SSSR count). The number of hydrogen-bond donors (Lipinski definition) is 1. The van der Waals surface area contributed by atoms with Crippen LogP contribution in [0.1, 0.15) is 37.0 Å². The third kappa shape index (κ3) is 4.56. The van der Waals surface area contributed by atoms with Gasteiger partial charge in [0.15, 0.2) is 0 Å². The Morgan fingerprint density at radius 1 is 1.26 bits per heavy atom. The van der Waals surface area contributed by atoms with Gasteiger partial charge in [0.2, 0.25) is 0 Å². The van der Waals surface area contributed by atoms with Crippen LogP contribution in [0, 0.1) is 0 Å². The SMILES string of the molecule is CCCN(CCCN)C(=O)c1ccccc1OCC. The number of nitrogens with zero attached hydrogens (tertiary/aromatic N) is 1. The van der Waals surface area contributed by atoms with Crippen molar-refractivity contribution in [2.45, 2.75) is 26.7 Å². The highest BCUT2D eigenvalue weighted by Gasteiger charge is 2.18. The summed E-state index contributed by atoms with van der Waals surface area (Å²) in [4.78, 5) is 14.4. The first-order valence-corrected chi connectivity index (χ1v) is 6.95. The van der Waals surface area contributed by atoms with Crippen LogP contribution in [0.25, 0.3) is 0 Å². The quantitative estimate of drug-likeness (QED) is 0.783. The van der Waals surface area contributed by atoms with E-state index in [0.29, 0.717) is 31.0 Å². The van der Waals surface area contributed by atoms with Crippen LogP contribution < -0.4 is 10.5 Å². The summed E-state index contributed by atoms with van der Waals surface area (Å²) in [7, 11) is 0. The Bertz CT molecular complexity index is 393. The number of rotatable bonds is 8. The predicted octanol–water partition coefficient (Wildman–Crippen LogP) is 2.29. The van der Waals surface area contributed by atoms with Crippen molar-refractivity contribution < 1.29 is 9.53 Å². The van der Waals surface area contributed by atoms with Crippen LogP contribution in [0.2, 0.25) is 0 Å². The molecule has 4 heteroatoms. The number of hydrogen-bond acceptors (Lipinski definition) is 3. The van der Waals surface area contributed by atoms with Gasteiger partial charge in [0.1, 0.15) is 5.75 Å². The van der Waals surface area contributed by atoms with Crippen LogP contribution in [-0.2, 0) is 0 Å². The second-order valence-corrected chi connectivity index (χ2v) is 4.36. The zero-order valence-corrected chi connectivity index (χ0v) is 11.9. The van der Waals surface area contributed by atoms with Crippen molar-refractivity contribution in [1.29, 1.82) is 0 Å². The number of para-hydroxylation sites is 1. The number of benzene rings is 1. The summed E-state index contributed by atoms with van der Waals surface area (Å²) in [6, 6.07) is 7.40. The number of nitrogens with two attached hydrogens (primary N) is 1. The van der Waals surface area contributed by atoms with E-state index in [-0.39, 0.29) is 5.91 Å². The average Bonchev–Trinajstić information content (AvgIpc) is 2.44. The molecular formula is C15H24N2O2. The van der Waals surface area contributed by atoms with Gasteiger partial charge in [0, 0.05) is 13.1 Å². The van der Waals surface area contributed by atoms with E-state index in [1.54, 1.807) is 0 Å². The van der Waals surface area contributed by atoms with Crippen molar-refractivity contribution in [2.24, 2.45) is 5.73 Å². The fourth-order valence-corrected chi connectivity index (χ4v) is 1.96. The van der Waals surface area contributed by atoms with Crippen LogP contribution in [0.5, 0.6) is 5.75 Å². The molecule has 0 unspecified atom stereocenters. The smallest absolute Gasteiger partial charge is 0.257 e. The lowest BCUT2D eigenvalue weighted by Gasteiger charge is -2.23. The summed E-state index contributed by atoms with van der Waals surface area (Å²) in [5.74, 6) is 0.684. The monoisotopic (exact) mass is 264 g/mol. The van der Waals surface area contributed by atoms with E-state index in [2.05, 4.69) is 6.92 Å². The molecule has 0 saturated carbocycles. The number of carbonyl (C=O) groups excluding carboxylic acids is 1. The van der Waals surface area contributed by atoms with Crippen LogP contribution in [0.15, 0.2) is 24.3 Å². The molecule has 0 bridgehead atoms. The molecule has 0 aliphatic rings. The summed E-state index contributed by atoms with van der Waals surface area (Å²) in [5.41, 5.74) is 6.16. The minimum atomic E-state index is 0.0272. The number of carbonyl (C=O) groups is 1. The Kier molecular flexibility index (Phi) is 6.97. The molecule has 0 spiro atoms. The van der Waals surface area contributed by atoms with Crippen molar-refractivity contribution in [3.8, 4) is 5.75 Å². The first-order chi connectivity index (χ1) is 9.24. The van der Waals surface area contributed by atoms with Crippen molar-refractivity contribution in [3.63, 3.8) is 0 Å². The molecular weight excluding hydrogens is 240 g/mol. The number of ether oxygens (including phenoxy) is 1. The zero-order valence-electron chi connectivity index (χ0n) is 11.9. The Hall–Kier alpha value is -1.55. The van der Waals surface area contributed by atoms with Crippen LogP contribution in [0.3, 0.4) is 0 Å². The predicted molar refractivity (Wildman–Crippen MR) is 77.5 cm³/mol. The molecule has 19 heavy (non-hydrogen) atoms. The molecule has 0 heterocycles. The van der Waals surface area contributed by atoms with E-state index in [0.717, 1.165) is 19.4 Å². The van der Waals surface area contributed by atoms with Gasteiger partial charge < -0.3 is 15.4 Å². The van der Waals surface area contributed by atoms with E-state index < -0.39 is 0 Å². The molecule has 0 radical (unpaired) electrons. The summed E-state index contributed by atoms with van der Waals surface area (Å²) in [6.07, 6.45) is 1.76. The summed E-state index contributed by atoms with van der Waals surface area (Å²) < 4.78 is 5.52. The van der Waals surface area contributed by atoms with Gasteiger partial charge in [0.25, 0.3) is 5.91 Å². The molecule has 1 aromatic carbocycles. The Morgan fingerprint density at radius 3 is 2.63 bits per heavy atom. The average molecular weight is 264 g/mol. The van der Waals surface area contributed by atoms with E-state index in [1.807, 2.05) is 36.1 Å². The molecule has 0 saturated heterocycles. The molecule has 1 aromatic rings. The van der Waals surface area contributed by atoms with E-state index in [9.17, 15) is 4.79 Å². The molecule has 0 fully saturated rings. The van der Waals surface area contributed by atoms with Crippen molar-refractivity contribution in [3.05, 3.63) is 29.8 Å². The second-order valence-electron chi connectivity index (χ2n) is 4.36. The van der Waals surface area contributed by atoms with E-state index in [4.69, 9.17) is 10.5 Å². The van der Waals surface area contributed by atoms with Gasteiger partial charge in [-0.2, -0.15) is 0 Å². The third-order valence-corrected chi connectivity index (χ3v) is 2.83. The topological polar surface area (TPSA) is 55.6 Å². The molecule has 2 N–H and O–H groups in total. The van der Waals surface area contributed by atoms with Crippen molar-refractivity contribution in [1.82, 2.24) is 4.90 Å². The van der Waals surface area contributed by atoms with Gasteiger partial charge in [-0.15, -0.1) is 0 Å². The van der Waals surface area contributed by atoms with Gasteiger partial charge in [-0.1, -0.05) is 19.1 Å².